The molecule has 1 aliphatic heterocycles. The fraction of sp³-hybridized carbons (Fsp3) is 0.619. The highest BCUT2D eigenvalue weighted by Gasteiger charge is 2.42. The van der Waals surface area contributed by atoms with Crippen LogP contribution >= 0.6 is 0 Å². The second-order valence-corrected chi connectivity index (χ2v) is 6.77. The molecule has 0 fully saturated rings. The van der Waals surface area contributed by atoms with Crippen LogP contribution in [0.5, 0.6) is 0 Å². The number of hydrogen-bond donors (Lipinski definition) is 3. The van der Waals surface area contributed by atoms with Crippen LogP contribution in [0.1, 0.15) is 46.6 Å². The zero-order valence-electron chi connectivity index (χ0n) is 18.4. The van der Waals surface area contributed by atoms with Crippen LogP contribution < -0.4 is 20.9 Å². The Morgan fingerprint density at radius 2 is 1.97 bits per heavy atom. The first kappa shape index (κ1) is 24.6. The maximum Gasteiger partial charge on any atom is 0.251 e. The van der Waals surface area contributed by atoms with Gasteiger partial charge in [-0.1, -0.05) is 40.2 Å². The predicted octanol–water partition coefficient (Wildman–Crippen LogP) is 1.25. The summed E-state index contributed by atoms with van der Waals surface area (Å²) in [7, 11) is 1.67. The van der Waals surface area contributed by atoms with Crippen molar-refractivity contribution in [2.45, 2.75) is 59.5 Å². The average Bonchev–Trinajstić information content (AvgIpc) is 3.12. The predicted molar refractivity (Wildman–Crippen MR) is 115 cm³/mol. The summed E-state index contributed by atoms with van der Waals surface area (Å²) in [5.74, 6) is -0.363. The summed E-state index contributed by atoms with van der Waals surface area (Å²) in [4.78, 5) is 43.9. The molecule has 29 heavy (non-hydrogen) atoms. The maximum absolute atomic E-state index is 13.4. The molecule has 0 saturated carbocycles. The van der Waals surface area contributed by atoms with Gasteiger partial charge in [0.2, 0.25) is 11.8 Å². The van der Waals surface area contributed by atoms with Crippen molar-refractivity contribution in [1.82, 2.24) is 20.9 Å². The number of likely N-dealkylation sites (N-methyl/N-ethyl adjacent to an activating group) is 2. The molecule has 1 aromatic heterocycles. The Morgan fingerprint density at radius 3 is 2.55 bits per heavy atom. The Bertz CT molecular complexity index is 695. The Labute approximate surface area is 173 Å². The molecule has 0 bridgehead atoms. The molecule has 8 nitrogen and oxygen atoms in total. The van der Waals surface area contributed by atoms with Crippen LogP contribution in [-0.4, -0.2) is 54.9 Å². The summed E-state index contributed by atoms with van der Waals surface area (Å²) < 4.78 is 0. The molecule has 3 amide bonds. The number of hydrogen-bond acceptors (Lipinski definition) is 5. The minimum Gasteiger partial charge on any atom is -0.355 e. The van der Waals surface area contributed by atoms with E-state index in [1.165, 1.54) is 4.90 Å². The summed E-state index contributed by atoms with van der Waals surface area (Å²) in [5, 5.41) is 8.39. The number of carbonyl (C=O) groups is 3. The Balaban J connectivity index is 0.00000204. The van der Waals surface area contributed by atoms with Crippen LogP contribution in [0, 0.1) is 5.92 Å². The quantitative estimate of drug-likeness (QED) is 0.604. The van der Waals surface area contributed by atoms with Crippen molar-refractivity contribution in [2.75, 3.05) is 25.0 Å². The molecule has 1 aliphatic rings. The van der Waals surface area contributed by atoms with Crippen molar-refractivity contribution in [1.29, 1.82) is 0 Å². The number of anilines is 1. The first-order valence-corrected chi connectivity index (χ1v) is 10.4. The number of pyridine rings is 1. The smallest absolute Gasteiger partial charge is 0.251 e. The molecule has 0 aliphatic carbocycles. The third-order valence-corrected chi connectivity index (χ3v) is 4.84. The Morgan fingerprint density at radius 1 is 1.28 bits per heavy atom. The van der Waals surface area contributed by atoms with Crippen LogP contribution in [0.4, 0.5) is 5.82 Å². The van der Waals surface area contributed by atoms with E-state index in [9.17, 15) is 14.4 Å². The number of aromatic nitrogens is 1. The lowest BCUT2D eigenvalue weighted by molar-refractivity contribution is -0.130. The monoisotopic (exact) mass is 405 g/mol. The van der Waals surface area contributed by atoms with Crippen molar-refractivity contribution < 1.29 is 14.4 Å². The van der Waals surface area contributed by atoms with Crippen LogP contribution in [0.25, 0.3) is 0 Å². The third kappa shape index (κ3) is 6.00. The zero-order valence-corrected chi connectivity index (χ0v) is 18.4. The van der Waals surface area contributed by atoms with E-state index >= 15 is 0 Å². The first-order valence-electron chi connectivity index (χ1n) is 10.4. The number of amides is 3. The van der Waals surface area contributed by atoms with Crippen molar-refractivity contribution in [2.24, 2.45) is 5.92 Å². The lowest BCUT2D eigenvalue weighted by atomic mass is 9.97. The minimum absolute atomic E-state index is 0.0824. The fourth-order valence-corrected chi connectivity index (χ4v) is 3.23. The van der Waals surface area contributed by atoms with Crippen molar-refractivity contribution >= 4 is 23.5 Å². The number of rotatable bonds is 8. The molecule has 0 spiro atoms. The molecule has 2 rings (SSSR count). The fourth-order valence-electron chi connectivity index (χ4n) is 3.23. The minimum atomic E-state index is -0.722. The molecule has 2 unspecified atom stereocenters. The molecule has 3 N–H and O–H groups in total. The highest BCUT2D eigenvalue weighted by molar-refractivity contribution is 6.06. The maximum atomic E-state index is 13.4. The molecule has 2 heterocycles. The van der Waals surface area contributed by atoms with Gasteiger partial charge in [0, 0.05) is 19.2 Å². The van der Waals surface area contributed by atoms with Gasteiger partial charge in [0.25, 0.3) is 5.91 Å². The second kappa shape index (κ2) is 12.2. The summed E-state index contributed by atoms with van der Waals surface area (Å²) in [6.07, 6.45) is 2.74. The highest BCUT2D eigenvalue weighted by atomic mass is 16.2. The molecule has 0 radical (unpaired) electrons. The molecule has 0 aromatic carbocycles. The standard InChI is InChI=1S/C19H29N5O3.C2H6/c1-5-12(3)16(23-15(25)11-20-4)19(27)24-14(18(26)21-6-2)10-13-8-7-9-22-17(13)24;1-2/h7-9,12,14,16,20H,5-6,10-11H2,1-4H3,(H,21,26)(H,23,25);1-2H3/t12-,14?,16?;/m0./s1. The van der Waals surface area contributed by atoms with Gasteiger partial charge < -0.3 is 16.0 Å². The van der Waals surface area contributed by atoms with E-state index < -0.39 is 12.1 Å². The topological polar surface area (TPSA) is 103 Å². The van der Waals surface area contributed by atoms with Crippen LogP contribution in [-0.2, 0) is 20.8 Å². The molecular formula is C21H35N5O3. The van der Waals surface area contributed by atoms with Gasteiger partial charge in [-0.05, 0) is 31.5 Å². The summed E-state index contributed by atoms with van der Waals surface area (Å²) in [6, 6.07) is 2.29. The van der Waals surface area contributed by atoms with Crippen LogP contribution in [0.2, 0.25) is 0 Å². The molecular weight excluding hydrogens is 370 g/mol. The summed E-state index contributed by atoms with van der Waals surface area (Å²) in [5.41, 5.74) is 0.853. The van der Waals surface area contributed by atoms with E-state index in [0.29, 0.717) is 25.2 Å². The van der Waals surface area contributed by atoms with Gasteiger partial charge in [-0.15, -0.1) is 0 Å². The van der Waals surface area contributed by atoms with Gasteiger partial charge >= 0.3 is 0 Å². The van der Waals surface area contributed by atoms with Crippen LogP contribution in [0.15, 0.2) is 18.3 Å². The Hall–Kier alpha value is -2.48. The van der Waals surface area contributed by atoms with E-state index in [1.54, 1.807) is 19.3 Å². The average molecular weight is 406 g/mol. The van der Waals surface area contributed by atoms with Gasteiger partial charge in [0.05, 0.1) is 6.54 Å². The van der Waals surface area contributed by atoms with Gasteiger partial charge in [0.1, 0.15) is 17.9 Å². The lowest BCUT2D eigenvalue weighted by Crippen LogP contribution is -2.57. The van der Waals surface area contributed by atoms with Gasteiger partial charge in [-0.3, -0.25) is 19.3 Å². The first-order chi connectivity index (χ1) is 13.9. The van der Waals surface area contributed by atoms with Crippen molar-refractivity contribution in [3.05, 3.63) is 23.9 Å². The highest BCUT2D eigenvalue weighted by Crippen LogP contribution is 2.31. The van der Waals surface area contributed by atoms with Crippen molar-refractivity contribution in [3.8, 4) is 0 Å². The molecule has 8 heteroatoms. The van der Waals surface area contributed by atoms with E-state index in [4.69, 9.17) is 0 Å². The molecule has 3 atom stereocenters. The largest absolute Gasteiger partial charge is 0.355 e. The zero-order chi connectivity index (χ0) is 22.0. The SMILES string of the molecule is CC.CCNC(=O)C1Cc2cccnc2N1C(=O)C(NC(=O)CNC)[C@@H](C)CC. The van der Waals surface area contributed by atoms with E-state index in [2.05, 4.69) is 20.9 Å². The summed E-state index contributed by atoms with van der Waals surface area (Å²) >= 11 is 0. The second-order valence-electron chi connectivity index (χ2n) is 6.77. The number of nitrogens with zero attached hydrogens (tertiary/aromatic N) is 2. The van der Waals surface area contributed by atoms with E-state index in [0.717, 1.165) is 5.56 Å². The number of nitrogens with one attached hydrogen (secondary N) is 3. The van der Waals surface area contributed by atoms with Gasteiger partial charge in [-0.25, -0.2) is 4.98 Å². The van der Waals surface area contributed by atoms with Crippen molar-refractivity contribution in [3.63, 3.8) is 0 Å². The number of fused-ring (bicyclic) bond motifs is 1. The van der Waals surface area contributed by atoms with Crippen LogP contribution in [0.3, 0.4) is 0 Å². The molecule has 162 valence electrons. The Kier molecular flexibility index (Phi) is 10.3. The van der Waals surface area contributed by atoms with Gasteiger partial charge in [-0.2, -0.15) is 0 Å². The third-order valence-electron chi connectivity index (χ3n) is 4.84. The lowest BCUT2D eigenvalue weighted by Gasteiger charge is -2.31. The normalized spacial score (nSPS) is 16.8. The summed E-state index contributed by atoms with van der Waals surface area (Å²) in [6.45, 7) is 10.3. The molecule has 1 aromatic rings. The van der Waals surface area contributed by atoms with E-state index in [-0.39, 0.29) is 30.2 Å². The molecule has 0 saturated heterocycles. The number of carbonyl (C=O) groups excluding carboxylic acids is 3. The van der Waals surface area contributed by atoms with E-state index in [1.807, 2.05) is 40.7 Å². The van der Waals surface area contributed by atoms with Gasteiger partial charge in [0.15, 0.2) is 0 Å².